The molecule has 1 atom stereocenters. The van der Waals surface area contributed by atoms with Crippen LogP contribution in [0.1, 0.15) is 58.9 Å². The van der Waals surface area contributed by atoms with Crippen LogP contribution in [0.4, 0.5) is 0 Å². The lowest BCUT2D eigenvalue weighted by Crippen LogP contribution is -2.39. The average molecular weight is 348 g/mol. The van der Waals surface area contributed by atoms with Crippen LogP contribution in [-0.4, -0.2) is 39.0 Å². The molecule has 0 saturated carbocycles. The van der Waals surface area contributed by atoms with Crippen LogP contribution in [0.3, 0.4) is 0 Å². The number of aromatic nitrogens is 3. The largest absolute Gasteiger partial charge is 0.342 e. The van der Waals surface area contributed by atoms with Gasteiger partial charge in [0.05, 0.1) is 10.7 Å². The van der Waals surface area contributed by atoms with E-state index >= 15 is 0 Å². The standard InChI is InChI=1S/C17H24N4O2S/c1-11-12(2)24-17(18-11)14-6-5-9-21(10-14)16(22)8-4-7-15-19-13(3)20-23-15/h14H,4-10H2,1-3H3/t14-/m0/s1. The Bertz CT molecular complexity index is 690. The minimum absolute atomic E-state index is 0.223. The van der Waals surface area contributed by atoms with E-state index in [4.69, 9.17) is 4.52 Å². The summed E-state index contributed by atoms with van der Waals surface area (Å²) in [6.45, 7) is 7.62. The Labute approximate surface area is 146 Å². The molecule has 1 amide bonds. The first-order chi connectivity index (χ1) is 11.5. The van der Waals surface area contributed by atoms with E-state index in [0.29, 0.717) is 30.5 Å². The molecular weight excluding hydrogens is 324 g/mol. The van der Waals surface area contributed by atoms with Crippen LogP contribution in [0.2, 0.25) is 0 Å². The molecule has 0 radical (unpaired) electrons. The third-order valence-corrected chi connectivity index (χ3v) is 5.75. The molecule has 0 N–H and O–H groups in total. The van der Waals surface area contributed by atoms with Gasteiger partial charge in [-0.05, 0) is 40.0 Å². The number of hydrogen-bond acceptors (Lipinski definition) is 6. The molecule has 1 saturated heterocycles. The van der Waals surface area contributed by atoms with Crippen molar-refractivity contribution < 1.29 is 9.32 Å². The molecule has 7 heteroatoms. The SMILES string of the molecule is Cc1noc(CCCC(=O)N2CCC[C@H](c3nc(C)c(C)s3)C2)n1. The number of aryl methyl sites for hydroxylation is 4. The van der Waals surface area contributed by atoms with Crippen LogP contribution >= 0.6 is 11.3 Å². The van der Waals surface area contributed by atoms with Crippen LogP contribution in [0, 0.1) is 20.8 Å². The lowest BCUT2D eigenvalue weighted by molar-refractivity contribution is -0.132. The minimum atomic E-state index is 0.223. The number of carbonyl (C=O) groups excluding carboxylic acids is 1. The molecule has 1 fully saturated rings. The van der Waals surface area contributed by atoms with Gasteiger partial charge in [-0.3, -0.25) is 4.79 Å². The van der Waals surface area contributed by atoms with Gasteiger partial charge < -0.3 is 9.42 Å². The van der Waals surface area contributed by atoms with E-state index in [-0.39, 0.29) is 5.91 Å². The van der Waals surface area contributed by atoms with E-state index in [1.54, 1.807) is 18.3 Å². The summed E-state index contributed by atoms with van der Waals surface area (Å²) in [6.07, 6.45) is 4.12. The summed E-state index contributed by atoms with van der Waals surface area (Å²) in [5.41, 5.74) is 1.12. The number of carbonyl (C=O) groups is 1. The molecule has 0 spiro atoms. The number of thiazole rings is 1. The summed E-state index contributed by atoms with van der Waals surface area (Å²) in [7, 11) is 0. The molecule has 6 nitrogen and oxygen atoms in total. The Balaban J connectivity index is 1.51. The maximum absolute atomic E-state index is 12.5. The highest BCUT2D eigenvalue weighted by atomic mass is 32.1. The molecule has 0 aliphatic carbocycles. The van der Waals surface area contributed by atoms with Gasteiger partial charge in [-0.2, -0.15) is 4.98 Å². The molecule has 2 aromatic rings. The Kier molecular flexibility index (Phi) is 5.28. The second-order valence-corrected chi connectivity index (χ2v) is 7.70. The zero-order chi connectivity index (χ0) is 17.1. The highest BCUT2D eigenvalue weighted by Gasteiger charge is 2.26. The normalized spacial score (nSPS) is 18.1. The average Bonchev–Trinajstić information content (AvgIpc) is 3.13. The van der Waals surface area contributed by atoms with Gasteiger partial charge in [0, 0.05) is 36.7 Å². The van der Waals surface area contributed by atoms with Gasteiger partial charge in [0.2, 0.25) is 11.8 Å². The fourth-order valence-electron chi connectivity index (χ4n) is 3.07. The molecular formula is C17H24N4O2S. The first kappa shape index (κ1) is 17.1. The summed E-state index contributed by atoms with van der Waals surface area (Å²) in [5.74, 6) is 1.87. The van der Waals surface area contributed by atoms with E-state index in [2.05, 4.69) is 29.0 Å². The van der Waals surface area contributed by atoms with Crippen molar-refractivity contribution in [1.82, 2.24) is 20.0 Å². The van der Waals surface area contributed by atoms with Crippen molar-refractivity contribution >= 4 is 17.2 Å². The number of likely N-dealkylation sites (tertiary alicyclic amines) is 1. The first-order valence-corrected chi connectivity index (χ1v) is 9.35. The summed E-state index contributed by atoms with van der Waals surface area (Å²) in [6, 6.07) is 0. The zero-order valence-electron chi connectivity index (χ0n) is 14.5. The summed E-state index contributed by atoms with van der Waals surface area (Å²) in [4.78, 5) is 24.6. The fraction of sp³-hybridized carbons (Fsp3) is 0.647. The molecule has 0 aromatic carbocycles. The fourth-order valence-corrected chi connectivity index (χ4v) is 4.12. The molecule has 0 unspecified atom stereocenters. The Morgan fingerprint density at radius 2 is 2.17 bits per heavy atom. The molecule has 24 heavy (non-hydrogen) atoms. The summed E-state index contributed by atoms with van der Waals surface area (Å²) >= 11 is 1.78. The van der Waals surface area contributed by atoms with Gasteiger partial charge in [-0.1, -0.05) is 5.16 Å². The summed E-state index contributed by atoms with van der Waals surface area (Å²) < 4.78 is 5.09. The number of nitrogens with zero attached hydrogens (tertiary/aromatic N) is 4. The van der Waals surface area contributed by atoms with E-state index in [1.165, 1.54) is 9.88 Å². The van der Waals surface area contributed by atoms with Crippen LogP contribution in [0.25, 0.3) is 0 Å². The van der Waals surface area contributed by atoms with E-state index in [9.17, 15) is 4.79 Å². The lowest BCUT2D eigenvalue weighted by atomic mass is 9.98. The maximum Gasteiger partial charge on any atom is 0.226 e. The quantitative estimate of drug-likeness (QED) is 0.830. The van der Waals surface area contributed by atoms with Crippen molar-refractivity contribution in [3.8, 4) is 0 Å². The monoisotopic (exact) mass is 348 g/mol. The Morgan fingerprint density at radius 3 is 2.83 bits per heavy atom. The maximum atomic E-state index is 12.5. The number of rotatable bonds is 5. The van der Waals surface area contributed by atoms with Gasteiger partial charge in [0.1, 0.15) is 0 Å². The predicted octanol–water partition coefficient (Wildman–Crippen LogP) is 3.18. The van der Waals surface area contributed by atoms with Crippen LogP contribution in [0.15, 0.2) is 4.52 Å². The molecule has 1 aliphatic heterocycles. The van der Waals surface area contributed by atoms with E-state index in [1.807, 2.05) is 4.90 Å². The van der Waals surface area contributed by atoms with Gasteiger partial charge in [-0.25, -0.2) is 4.98 Å². The molecule has 3 heterocycles. The first-order valence-electron chi connectivity index (χ1n) is 8.54. The van der Waals surface area contributed by atoms with Gasteiger partial charge in [0.15, 0.2) is 5.82 Å². The molecule has 2 aromatic heterocycles. The third kappa shape index (κ3) is 4.01. The van der Waals surface area contributed by atoms with Gasteiger partial charge in [0.25, 0.3) is 0 Å². The number of amides is 1. The van der Waals surface area contributed by atoms with Gasteiger partial charge in [-0.15, -0.1) is 11.3 Å². The second kappa shape index (κ2) is 7.42. The highest BCUT2D eigenvalue weighted by Crippen LogP contribution is 2.31. The van der Waals surface area contributed by atoms with Crippen molar-refractivity contribution in [1.29, 1.82) is 0 Å². The predicted molar refractivity (Wildman–Crippen MR) is 92.1 cm³/mol. The van der Waals surface area contributed by atoms with Crippen molar-refractivity contribution in [2.75, 3.05) is 13.1 Å². The van der Waals surface area contributed by atoms with Crippen LogP contribution in [0.5, 0.6) is 0 Å². The van der Waals surface area contributed by atoms with Crippen LogP contribution in [-0.2, 0) is 11.2 Å². The van der Waals surface area contributed by atoms with Crippen molar-refractivity contribution in [3.63, 3.8) is 0 Å². The van der Waals surface area contributed by atoms with Crippen molar-refractivity contribution in [2.45, 2.75) is 58.8 Å². The number of piperidine rings is 1. The molecule has 1 aliphatic rings. The minimum Gasteiger partial charge on any atom is -0.342 e. The van der Waals surface area contributed by atoms with Gasteiger partial charge >= 0.3 is 0 Å². The molecule has 0 bridgehead atoms. The number of hydrogen-bond donors (Lipinski definition) is 0. The molecule has 130 valence electrons. The second-order valence-electron chi connectivity index (χ2n) is 6.46. The summed E-state index contributed by atoms with van der Waals surface area (Å²) in [5, 5.41) is 4.95. The van der Waals surface area contributed by atoms with Crippen molar-refractivity contribution in [2.24, 2.45) is 0 Å². The topological polar surface area (TPSA) is 72.1 Å². The zero-order valence-corrected chi connectivity index (χ0v) is 15.4. The van der Waals surface area contributed by atoms with Crippen molar-refractivity contribution in [3.05, 3.63) is 27.3 Å². The molecule has 3 rings (SSSR count). The Morgan fingerprint density at radius 1 is 1.33 bits per heavy atom. The smallest absolute Gasteiger partial charge is 0.226 e. The Hall–Kier alpha value is -1.76. The van der Waals surface area contributed by atoms with E-state index in [0.717, 1.165) is 38.0 Å². The lowest BCUT2D eigenvalue weighted by Gasteiger charge is -2.32. The highest BCUT2D eigenvalue weighted by molar-refractivity contribution is 7.11. The van der Waals surface area contributed by atoms with Crippen LogP contribution < -0.4 is 0 Å². The third-order valence-electron chi connectivity index (χ3n) is 4.52. The van der Waals surface area contributed by atoms with E-state index < -0.39 is 0 Å².